The van der Waals surface area contributed by atoms with Crippen LogP contribution >= 0.6 is 0 Å². The number of carbonyl (C=O) groups is 1. The normalized spacial score (nSPS) is 17.5. The minimum atomic E-state index is 0.120. The van der Waals surface area contributed by atoms with Crippen molar-refractivity contribution in [3.63, 3.8) is 0 Å². The zero-order chi connectivity index (χ0) is 19.2. The maximum absolute atomic E-state index is 12.7. The van der Waals surface area contributed by atoms with Crippen LogP contribution in [-0.2, 0) is 17.8 Å². The van der Waals surface area contributed by atoms with E-state index in [1.807, 2.05) is 36.2 Å². The molecule has 2 aromatic rings. The maximum atomic E-state index is 12.7. The molecule has 0 spiro atoms. The number of hydrogen-bond acceptors (Lipinski definition) is 3. The molecule has 27 heavy (non-hydrogen) atoms. The first-order valence-corrected chi connectivity index (χ1v) is 9.73. The number of likely N-dealkylation sites (N-methyl/N-ethyl adjacent to an activating group) is 1. The van der Waals surface area contributed by atoms with Crippen LogP contribution in [0.1, 0.15) is 42.0 Å². The van der Waals surface area contributed by atoms with Gasteiger partial charge >= 0.3 is 0 Å². The molecule has 1 saturated heterocycles. The molecule has 144 valence electrons. The Balaban J connectivity index is 1.70. The summed E-state index contributed by atoms with van der Waals surface area (Å²) in [6, 6.07) is 16.7. The number of nitrogens with zero attached hydrogens (tertiary/aromatic N) is 2. The van der Waals surface area contributed by atoms with E-state index >= 15 is 0 Å². The smallest absolute Gasteiger partial charge is 0.227 e. The van der Waals surface area contributed by atoms with Gasteiger partial charge in [0.25, 0.3) is 0 Å². The predicted molar refractivity (Wildman–Crippen MR) is 109 cm³/mol. The lowest BCUT2D eigenvalue weighted by Gasteiger charge is -2.34. The van der Waals surface area contributed by atoms with Crippen molar-refractivity contribution in [2.45, 2.75) is 38.3 Å². The van der Waals surface area contributed by atoms with Crippen LogP contribution in [-0.4, -0.2) is 43.5 Å². The number of likely N-dealkylation sites (tertiary alicyclic amines) is 1. The fourth-order valence-corrected chi connectivity index (χ4v) is 3.91. The van der Waals surface area contributed by atoms with Crippen molar-refractivity contribution in [2.75, 3.05) is 27.7 Å². The summed E-state index contributed by atoms with van der Waals surface area (Å²) < 4.78 is 5.26. The minimum absolute atomic E-state index is 0.120. The van der Waals surface area contributed by atoms with Gasteiger partial charge in [0.15, 0.2) is 0 Å². The Morgan fingerprint density at radius 3 is 2.78 bits per heavy atom. The molecular formula is C23H30N2O2. The number of amides is 1. The van der Waals surface area contributed by atoms with Crippen molar-refractivity contribution in [1.82, 2.24) is 9.80 Å². The topological polar surface area (TPSA) is 32.8 Å². The molecule has 2 aromatic carbocycles. The van der Waals surface area contributed by atoms with E-state index in [0.717, 1.165) is 17.9 Å². The van der Waals surface area contributed by atoms with Gasteiger partial charge in [-0.1, -0.05) is 42.8 Å². The molecule has 0 bridgehead atoms. The third-order valence-corrected chi connectivity index (χ3v) is 5.51. The Labute approximate surface area is 162 Å². The van der Waals surface area contributed by atoms with Gasteiger partial charge in [0.05, 0.1) is 13.5 Å². The van der Waals surface area contributed by atoms with Crippen LogP contribution in [0, 0.1) is 0 Å². The Hall–Kier alpha value is -2.33. The summed E-state index contributed by atoms with van der Waals surface area (Å²) in [5.41, 5.74) is 3.59. The van der Waals surface area contributed by atoms with Gasteiger partial charge in [0.2, 0.25) is 5.91 Å². The molecule has 1 aliphatic heterocycles. The van der Waals surface area contributed by atoms with Crippen molar-refractivity contribution in [1.29, 1.82) is 0 Å². The van der Waals surface area contributed by atoms with Crippen LogP contribution in [0.5, 0.6) is 5.75 Å². The van der Waals surface area contributed by atoms with Gasteiger partial charge in [-0.3, -0.25) is 9.69 Å². The van der Waals surface area contributed by atoms with Crippen molar-refractivity contribution >= 4 is 5.91 Å². The zero-order valence-electron chi connectivity index (χ0n) is 16.6. The second kappa shape index (κ2) is 9.05. The van der Waals surface area contributed by atoms with Gasteiger partial charge in [-0.2, -0.15) is 0 Å². The van der Waals surface area contributed by atoms with Gasteiger partial charge < -0.3 is 9.64 Å². The maximum Gasteiger partial charge on any atom is 0.227 e. The van der Waals surface area contributed by atoms with E-state index in [2.05, 4.69) is 36.2 Å². The van der Waals surface area contributed by atoms with Gasteiger partial charge in [-0.15, -0.1) is 0 Å². The molecule has 0 saturated carbocycles. The molecule has 4 heteroatoms. The second-order valence-corrected chi connectivity index (χ2v) is 7.47. The molecule has 1 atom stereocenters. The molecule has 1 fully saturated rings. The average molecular weight is 367 g/mol. The van der Waals surface area contributed by atoms with Crippen molar-refractivity contribution in [3.05, 3.63) is 65.2 Å². The first-order chi connectivity index (χ1) is 13.1. The van der Waals surface area contributed by atoms with E-state index < -0.39 is 0 Å². The summed E-state index contributed by atoms with van der Waals surface area (Å²) in [7, 11) is 5.74. The van der Waals surface area contributed by atoms with Crippen LogP contribution in [0.25, 0.3) is 0 Å². The number of piperidine rings is 1. The lowest BCUT2D eigenvalue weighted by molar-refractivity contribution is -0.129. The van der Waals surface area contributed by atoms with Gasteiger partial charge in [0, 0.05) is 19.6 Å². The van der Waals surface area contributed by atoms with Crippen LogP contribution in [0.2, 0.25) is 0 Å². The number of methoxy groups -OCH3 is 1. The van der Waals surface area contributed by atoms with E-state index in [4.69, 9.17) is 4.74 Å². The molecule has 4 nitrogen and oxygen atoms in total. The Kier molecular flexibility index (Phi) is 6.51. The lowest BCUT2D eigenvalue weighted by Crippen LogP contribution is -2.32. The number of benzene rings is 2. The summed E-state index contributed by atoms with van der Waals surface area (Å²) in [4.78, 5) is 17.0. The number of hydrogen-bond donors (Lipinski definition) is 0. The largest absolute Gasteiger partial charge is 0.497 e. The quantitative estimate of drug-likeness (QED) is 0.773. The van der Waals surface area contributed by atoms with Gasteiger partial charge in [-0.25, -0.2) is 0 Å². The van der Waals surface area contributed by atoms with Crippen LogP contribution < -0.4 is 4.74 Å². The van der Waals surface area contributed by atoms with Crippen LogP contribution in [0.4, 0.5) is 0 Å². The summed E-state index contributed by atoms with van der Waals surface area (Å²) in [6.07, 6.45) is 4.12. The van der Waals surface area contributed by atoms with E-state index in [1.54, 1.807) is 7.11 Å². The Morgan fingerprint density at radius 1 is 1.19 bits per heavy atom. The summed E-state index contributed by atoms with van der Waals surface area (Å²) in [5.74, 6) is 0.906. The molecule has 0 aliphatic carbocycles. The van der Waals surface area contributed by atoms with Crippen molar-refractivity contribution in [2.24, 2.45) is 0 Å². The van der Waals surface area contributed by atoms with Crippen LogP contribution in [0.15, 0.2) is 48.5 Å². The molecule has 1 unspecified atom stereocenters. The molecule has 0 N–H and O–H groups in total. The monoisotopic (exact) mass is 366 g/mol. The first kappa shape index (κ1) is 19.4. The summed E-state index contributed by atoms with van der Waals surface area (Å²) >= 11 is 0. The van der Waals surface area contributed by atoms with Crippen molar-refractivity contribution < 1.29 is 9.53 Å². The van der Waals surface area contributed by atoms with E-state index in [9.17, 15) is 4.79 Å². The second-order valence-electron chi connectivity index (χ2n) is 7.47. The first-order valence-electron chi connectivity index (χ1n) is 9.73. The number of rotatable bonds is 6. The standard InChI is InChI=1S/C23H30N2O2/c1-24-14-7-6-13-22(24)21-12-5-4-10-19(21)17-25(2)23(26)16-18-9-8-11-20(15-18)27-3/h4-5,8-12,15,22H,6-7,13-14,16-17H2,1-3H3. The molecule has 3 rings (SSSR count). The highest BCUT2D eigenvalue weighted by Crippen LogP contribution is 2.32. The summed E-state index contributed by atoms with van der Waals surface area (Å²) in [6.45, 7) is 1.78. The molecular weight excluding hydrogens is 336 g/mol. The summed E-state index contributed by atoms with van der Waals surface area (Å²) in [5, 5.41) is 0. The molecule has 0 radical (unpaired) electrons. The molecule has 1 heterocycles. The predicted octanol–water partition coefficient (Wildman–Crippen LogP) is 4.05. The molecule has 0 aromatic heterocycles. The van der Waals surface area contributed by atoms with E-state index in [1.165, 1.54) is 30.4 Å². The fourth-order valence-electron chi connectivity index (χ4n) is 3.91. The van der Waals surface area contributed by atoms with Crippen molar-refractivity contribution in [3.8, 4) is 5.75 Å². The minimum Gasteiger partial charge on any atom is -0.497 e. The average Bonchev–Trinajstić information content (AvgIpc) is 2.69. The third-order valence-electron chi connectivity index (χ3n) is 5.51. The number of carbonyl (C=O) groups excluding carboxylic acids is 1. The van der Waals surface area contributed by atoms with Gasteiger partial charge in [0.1, 0.15) is 5.75 Å². The Morgan fingerprint density at radius 2 is 2.00 bits per heavy atom. The van der Waals surface area contributed by atoms with Gasteiger partial charge in [-0.05, 0) is 55.3 Å². The molecule has 1 aliphatic rings. The highest BCUT2D eigenvalue weighted by Gasteiger charge is 2.23. The van der Waals surface area contributed by atoms with Crippen LogP contribution in [0.3, 0.4) is 0 Å². The third kappa shape index (κ3) is 4.89. The number of ether oxygens (including phenoxy) is 1. The Bertz CT molecular complexity index is 774. The zero-order valence-corrected chi connectivity index (χ0v) is 16.6. The molecule has 1 amide bonds. The van der Waals surface area contributed by atoms with E-state index in [-0.39, 0.29) is 5.91 Å². The lowest BCUT2D eigenvalue weighted by atomic mass is 9.92. The highest BCUT2D eigenvalue weighted by molar-refractivity contribution is 5.78. The fraction of sp³-hybridized carbons (Fsp3) is 0.435. The SMILES string of the molecule is COc1cccc(CC(=O)N(C)Cc2ccccc2C2CCCCN2C)c1. The highest BCUT2D eigenvalue weighted by atomic mass is 16.5. The van der Waals surface area contributed by atoms with E-state index in [0.29, 0.717) is 19.0 Å².